The fourth-order valence-corrected chi connectivity index (χ4v) is 3.99. The highest BCUT2D eigenvalue weighted by atomic mass is 127. The van der Waals surface area contributed by atoms with Gasteiger partial charge in [0.15, 0.2) is 5.96 Å². The van der Waals surface area contributed by atoms with E-state index in [9.17, 15) is 4.79 Å². The maximum absolute atomic E-state index is 12.5. The topological polar surface area (TPSA) is 56.7 Å². The molecule has 0 aliphatic carbocycles. The molecule has 1 aliphatic heterocycles. The van der Waals surface area contributed by atoms with E-state index < -0.39 is 0 Å². The minimum atomic E-state index is 0. The number of nitrogens with one attached hydrogen (secondary N) is 2. The Balaban J connectivity index is 0.00000338. The summed E-state index contributed by atoms with van der Waals surface area (Å²) in [5.74, 6) is 2.04. The second-order valence-electron chi connectivity index (χ2n) is 6.10. The molecule has 1 aromatic rings. The zero-order valence-corrected chi connectivity index (χ0v) is 18.9. The van der Waals surface area contributed by atoms with Crippen LogP contribution < -0.4 is 10.6 Å². The van der Waals surface area contributed by atoms with Gasteiger partial charge in [0, 0.05) is 31.4 Å². The molecular formula is C19H31IN4OS. The monoisotopic (exact) mass is 490 g/mol. The number of rotatable bonds is 8. The third kappa shape index (κ3) is 8.16. The van der Waals surface area contributed by atoms with Crippen molar-refractivity contribution in [2.75, 3.05) is 31.9 Å². The Labute approximate surface area is 178 Å². The van der Waals surface area contributed by atoms with Crippen LogP contribution in [-0.2, 0) is 11.3 Å². The van der Waals surface area contributed by atoms with E-state index in [1.54, 1.807) is 0 Å². The van der Waals surface area contributed by atoms with Crippen LogP contribution in [0.3, 0.4) is 0 Å². The maximum Gasteiger partial charge on any atom is 0.244 e. The molecule has 1 aliphatic rings. The van der Waals surface area contributed by atoms with Gasteiger partial charge in [-0.25, -0.2) is 4.99 Å². The quantitative estimate of drug-likeness (QED) is 0.334. The number of nitrogens with zero attached hydrogens (tertiary/aromatic N) is 2. The van der Waals surface area contributed by atoms with Gasteiger partial charge in [0.1, 0.15) is 6.54 Å². The molecule has 0 spiro atoms. The van der Waals surface area contributed by atoms with Gasteiger partial charge in [0.05, 0.1) is 0 Å². The zero-order valence-electron chi connectivity index (χ0n) is 15.7. The number of benzene rings is 1. The van der Waals surface area contributed by atoms with E-state index in [-0.39, 0.29) is 36.4 Å². The lowest BCUT2D eigenvalue weighted by Gasteiger charge is -2.20. The van der Waals surface area contributed by atoms with E-state index >= 15 is 0 Å². The summed E-state index contributed by atoms with van der Waals surface area (Å²) >= 11 is 2.02. The highest BCUT2D eigenvalue weighted by molar-refractivity contribution is 14.0. The van der Waals surface area contributed by atoms with E-state index in [0.717, 1.165) is 24.6 Å². The summed E-state index contributed by atoms with van der Waals surface area (Å²) in [5.41, 5.74) is 1.14. The molecule has 1 atom stereocenters. The molecule has 0 radical (unpaired) electrons. The summed E-state index contributed by atoms with van der Waals surface area (Å²) in [7, 11) is 0. The molecule has 1 aromatic carbocycles. The summed E-state index contributed by atoms with van der Waals surface area (Å²) < 4.78 is 0. The number of carbonyl (C=O) groups excluding carboxylic acids is 1. The van der Waals surface area contributed by atoms with E-state index in [1.165, 1.54) is 18.6 Å². The van der Waals surface area contributed by atoms with Crippen molar-refractivity contribution in [1.82, 2.24) is 15.5 Å². The Morgan fingerprint density at radius 1 is 1.27 bits per heavy atom. The van der Waals surface area contributed by atoms with Gasteiger partial charge in [-0.2, -0.15) is 11.8 Å². The van der Waals surface area contributed by atoms with Crippen LogP contribution in [0.5, 0.6) is 0 Å². The van der Waals surface area contributed by atoms with Crippen LogP contribution in [0.1, 0.15) is 32.3 Å². The van der Waals surface area contributed by atoms with Gasteiger partial charge in [0.25, 0.3) is 0 Å². The summed E-state index contributed by atoms with van der Waals surface area (Å²) in [6.45, 7) is 7.24. The molecule has 0 bridgehead atoms. The highest BCUT2D eigenvalue weighted by Gasteiger charge is 2.16. The van der Waals surface area contributed by atoms with Crippen molar-refractivity contribution in [2.45, 2.75) is 38.5 Å². The van der Waals surface area contributed by atoms with Crippen molar-refractivity contribution >= 4 is 47.6 Å². The smallest absolute Gasteiger partial charge is 0.244 e. The largest absolute Gasteiger partial charge is 0.357 e. The van der Waals surface area contributed by atoms with Gasteiger partial charge in [0.2, 0.25) is 5.91 Å². The zero-order chi connectivity index (χ0) is 17.9. The van der Waals surface area contributed by atoms with Crippen LogP contribution in [0, 0.1) is 0 Å². The molecule has 2 rings (SSSR count). The molecule has 0 aromatic heterocycles. The molecular weight excluding hydrogens is 459 g/mol. The first-order valence-electron chi connectivity index (χ1n) is 9.18. The normalized spacial score (nSPS) is 16.7. The molecule has 1 heterocycles. The number of amides is 1. The highest BCUT2D eigenvalue weighted by Crippen LogP contribution is 2.25. The van der Waals surface area contributed by atoms with Crippen LogP contribution in [0.2, 0.25) is 0 Å². The molecule has 1 fully saturated rings. The number of hydrogen-bond donors (Lipinski definition) is 2. The lowest BCUT2D eigenvalue weighted by atomic mass is 10.2. The Bertz CT molecular complexity index is 550. The molecule has 146 valence electrons. The number of likely N-dealkylation sites (N-methyl/N-ethyl adjacent to an activating group) is 1. The molecule has 1 amide bonds. The van der Waals surface area contributed by atoms with Crippen LogP contribution in [-0.4, -0.2) is 53.9 Å². The van der Waals surface area contributed by atoms with Crippen LogP contribution in [0.4, 0.5) is 0 Å². The summed E-state index contributed by atoms with van der Waals surface area (Å²) in [5, 5.41) is 7.26. The van der Waals surface area contributed by atoms with E-state index in [1.807, 2.05) is 60.8 Å². The predicted molar refractivity (Wildman–Crippen MR) is 122 cm³/mol. The third-order valence-electron chi connectivity index (χ3n) is 4.19. The Morgan fingerprint density at radius 2 is 2.04 bits per heavy atom. The number of hydrogen-bond acceptors (Lipinski definition) is 3. The SMILES string of the molecule is CCNC(=NCC(=O)N(CC)Cc1ccccc1)NCC1CCCS1.I. The van der Waals surface area contributed by atoms with Gasteiger partial charge in [-0.05, 0) is 38.0 Å². The van der Waals surface area contributed by atoms with Crippen molar-refractivity contribution in [2.24, 2.45) is 4.99 Å². The fraction of sp³-hybridized carbons (Fsp3) is 0.579. The lowest BCUT2D eigenvalue weighted by molar-refractivity contribution is -0.130. The van der Waals surface area contributed by atoms with Crippen LogP contribution in [0.15, 0.2) is 35.3 Å². The number of carbonyl (C=O) groups is 1. The Kier molecular flexibility index (Phi) is 11.8. The van der Waals surface area contributed by atoms with Crippen molar-refractivity contribution < 1.29 is 4.79 Å². The standard InChI is InChI=1S/C19H30N4OS.HI/c1-3-20-19(21-13-17-11-8-12-25-17)22-14-18(24)23(4-2)15-16-9-6-5-7-10-16;/h5-7,9-10,17H,3-4,8,11-15H2,1-2H3,(H2,20,21,22);1H. The van der Waals surface area contributed by atoms with Gasteiger partial charge >= 0.3 is 0 Å². The first kappa shape index (κ1) is 23.1. The van der Waals surface area contributed by atoms with Gasteiger partial charge in [-0.3, -0.25) is 4.79 Å². The van der Waals surface area contributed by atoms with Crippen molar-refractivity contribution in [1.29, 1.82) is 0 Å². The number of aliphatic imine (C=N–C) groups is 1. The van der Waals surface area contributed by atoms with Gasteiger partial charge < -0.3 is 15.5 Å². The van der Waals surface area contributed by atoms with Crippen LogP contribution in [0.25, 0.3) is 0 Å². The summed E-state index contributed by atoms with van der Waals surface area (Å²) in [6, 6.07) is 10.1. The third-order valence-corrected chi connectivity index (χ3v) is 5.59. The minimum Gasteiger partial charge on any atom is -0.357 e. The number of halogens is 1. The molecule has 7 heteroatoms. The van der Waals surface area contributed by atoms with E-state index in [2.05, 4.69) is 15.6 Å². The molecule has 26 heavy (non-hydrogen) atoms. The second-order valence-corrected chi connectivity index (χ2v) is 7.51. The number of guanidine groups is 1. The van der Waals surface area contributed by atoms with E-state index in [4.69, 9.17) is 0 Å². The predicted octanol–water partition coefficient (Wildman–Crippen LogP) is 3.10. The van der Waals surface area contributed by atoms with Gasteiger partial charge in [-0.1, -0.05) is 30.3 Å². The first-order valence-corrected chi connectivity index (χ1v) is 10.2. The Hall–Kier alpha value is -0.960. The first-order chi connectivity index (χ1) is 12.2. The number of thioether (sulfide) groups is 1. The summed E-state index contributed by atoms with van der Waals surface area (Å²) in [6.07, 6.45) is 2.56. The Morgan fingerprint density at radius 3 is 2.65 bits per heavy atom. The lowest BCUT2D eigenvalue weighted by Crippen LogP contribution is -2.41. The maximum atomic E-state index is 12.5. The average molecular weight is 490 g/mol. The molecule has 0 saturated carbocycles. The van der Waals surface area contributed by atoms with Crippen molar-refractivity contribution in [3.05, 3.63) is 35.9 Å². The molecule has 5 nitrogen and oxygen atoms in total. The van der Waals surface area contributed by atoms with E-state index in [0.29, 0.717) is 18.3 Å². The average Bonchev–Trinajstić information content (AvgIpc) is 3.16. The molecule has 1 unspecified atom stereocenters. The van der Waals surface area contributed by atoms with Crippen molar-refractivity contribution in [3.8, 4) is 0 Å². The molecule has 2 N–H and O–H groups in total. The second kappa shape index (κ2) is 13.2. The minimum absolute atomic E-state index is 0. The fourth-order valence-electron chi connectivity index (χ4n) is 2.78. The summed E-state index contributed by atoms with van der Waals surface area (Å²) in [4.78, 5) is 18.8. The molecule has 1 saturated heterocycles. The van der Waals surface area contributed by atoms with Crippen LogP contribution >= 0.6 is 35.7 Å². The van der Waals surface area contributed by atoms with Gasteiger partial charge in [-0.15, -0.1) is 24.0 Å². The van der Waals surface area contributed by atoms with Crippen molar-refractivity contribution in [3.63, 3.8) is 0 Å².